The molecular weight excluding hydrogens is 296 g/mol. The van der Waals surface area contributed by atoms with E-state index in [0.717, 1.165) is 25.9 Å². The Labute approximate surface area is 134 Å². The number of fused-ring (bicyclic) bond motifs is 1. The zero-order valence-electron chi connectivity index (χ0n) is 13.4. The Kier molecular flexibility index (Phi) is 4.27. The molecule has 2 aromatic rings. The molecule has 7 heteroatoms. The average Bonchev–Trinajstić information content (AvgIpc) is 2.55. The van der Waals surface area contributed by atoms with Crippen molar-refractivity contribution in [3.8, 4) is 5.75 Å². The fourth-order valence-electron chi connectivity index (χ4n) is 2.86. The third-order valence-electron chi connectivity index (χ3n) is 3.94. The number of esters is 1. The lowest BCUT2D eigenvalue weighted by Crippen LogP contribution is -2.30. The first kappa shape index (κ1) is 15.5. The highest BCUT2D eigenvalue weighted by molar-refractivity contribution is 6.02. The number of pyridine rings is 1. The number of rotatable bonds is 3. The molecular formula is C16H20N4O3. The van der Waals surface area contributed by atoms with Gasteiger partial charge >= 0.3 is 5.97 Å². The summed E-state index contributed by atoms with van der Waals surface area (Å²) < 4.78 is 4.97. The van der Waals surface area contributed by atoms with E-state index in [1.165, 1.54) is 12.6 Å². The Hall–Kier alpha value is -2.44. The second kappa shape index (κ2) is 6.36. The number of aryl methyl sites for hydroxylation is 1. The van der Waals surface area contributed by atoms with Crippen LogP contribution in [0, 0.1) is 6.92 Å². The molecule has 1 aliphatic rings. The van der Waals surface area contributed by atoms with E-state index in [9.17, 15) is 9.90 Å². The zero-order valence-corrected chi connectivity index (χ0v) is 13.4. The largest absolute Gasteiger partial charge is 0.506 e. The minimum Gasteiger partial charge on any atom is -0.506 e. The van der Waals surface area contributed by atoms with E-state index in [0.29, 0.717) is 22.7 Å². The number of aromatic nitrogens is 3. The number of hydrogen-bond acceptors (Lipinski definition) is 7. The van der Waals surface area contributed by atoms with Gasteiger partial charge in [0.05, 0.1) is 6.61 Å². The normalized spacial score (nSPS) is 15.0. The van der Waals surface area contributed by atoms with Crippen LogP contribution in [0.3, 0.4) is 0 Å². The van der Waals surface area contributed by atoms with Gasteiger partial charge in [0.1, 0.15) is 28.3 Å². The van der Waals surface area contributed by atoms with Gasteiger partial charge in [0, 0.05) is 19.3 Å². The van der Waals surface area contributed by atoms with Crippen molar-refractivity contribution in [2.24, 2.45) is 0 Å². The van der Waals surface area contributed by atoms with Crippen LogP contribution in [0.1, 0.15) is 42.4 Å². The van der Waals surface area contributed by atoms with Gasteiger partial charge in [-0.3, -0.25) is 0 Å². The van der Waals surface area contributed by atoms with E-state index in [-0.39, 0.29) is 17.9 Å². The monoisotopic (exact) mass is 316 g/mol. The van der Waals surface area contributed by atoms with Gasteiger partial charge in [0.2, 0.25) is 0 Å². The number of piperidine rings is 1. The maximum atomic E-state index is 12.0. The Balaban J connectivity index is 2.17. The van der Waals surface area contributed by atoms with Crippen molar-refractivity contribution in [3.05, 3.63) is 17.6 Å². The van der Waals surface area contributed by atoms with Gasteiger partial charge in [-0.2, -0.15) is 0 Å². The van der Waals surface area contributed by atoms with E-state index in [4.69, 9.17) is 4.74 Å². The Morgan fingerprint density at radius 1 is 1.30 bits per heavy atom. The van der Waals surface area contributed by atoms with E-state index in [1.807, 2.05) is 0 Å². The van der Waals surface area contributed by atoms with Crippen molar-refractivity contribution in [3.63, 3.8) is 0 Å². The molecule has 0 aromatic carbocycles. The smallest absolute Gasteiger partial charge is 0.343 e. The highest BCUT2D eigenvalue weighted by atomic mass is 16.5. The number of nitrogens with zero attached hydrogens (tertiary/aromatic N) is 4. The van der Waals surface area contributed by atoms with Crippen LogP contribution in [0.15, 0.2) is 6.20 Å². The van der Waals surface area contributed by atoms with E-state index in [2.05, 4.69) is 19.9 Å². The fourth-order valence-corrected chi connectivity index (χ4v) is 2.86. The number of anilines is 1. The number of hydrogen-bond donors (Lipinski definition) is 1. The molecule has 7 nitrogen and oxygen atoms in total. The lowest BCUT2D eigenvalue weighted by Gasteiger charge is -2.28. The summed E-state index contributed by atoms with van der Waals surface area (Å²) >= 11 is 0. The van der Waals surface area contributed by atoms with Crippen LogP contribution in [0.2, 0.25) is 0 Å². The summed E-state index contributed by atoms with van der Waals surface area (Å²) in [5.41, 5.74) is 0.439. The molecule has 0 amide bonds. The van der Waals surface area contributed by atoms with Gasteiger partial charge in [-0.1, -0.05) is 0 Å². The van der Waals surface area contributed by atoms with E-state index >= 15 is 0 Å². The highest BCUT2D eigenvalue weighted by Crippen LogP contribution is 2.34. The lowest BCUT2D eigenvalue weighted by atomic mass is 10.1. The van der Waals surface area contributed by atoms with Gasteiger partial charge in [-0.25, -0.2) is 19.7 Å². The quantitative estimate of drug-likeness (QED) is 0.868. The van der Waals surface area contributed by atoms with Crippen molar-refractivity contribution in [2.75, 3.05) is 24.6 Å². The number of carbonyl (C=O) groups excluding carboxylic acids is 1. The minimum atomic E-state index is -0.593. The predicted octanol–water partition coefficient (Wildman–Crippen LogP) is 2.21. The van der Waals surface area contributed by atoms with E-state index in [1.54, 1.807) is 13.8 Å². The summed E-state index contributed by atoms with van der Waals surface area (Å²) in [6.07, 6.45) is 4.66. The summed E-state index contributed by atoms with van der Waals surface area (Å²) in [6, 6.07) is 0. The van der Waals surface area contributed by atoms with Crippen LogP contribution in [0.5, 0.6) is 5.75 Å². The molecule has 0 aliphatic carbocycles. The first-order chi connectivity index (χ1) is 11.1. The minimum absolute atomic E-state index is 0.0464. The summed E-state index contributed by atoms with van der Waals surface area (Å²) in [5, 5.41) is 11.0. The Bertz CT molecular complexity index is 742. The van der Waals surface area contributed by atoms with Crippen molar-refractivity contribution in [2.45, 2.75) is 33.1 Å². The van der Waals surface area contributed by atoms with Gasteiger partial charge in [-0.15, -0.1) is 0 Å². The molecule has 0 unspecified atom stereocenters. The maximum Gasteiger partial charge on any atom is 0.343 e. The van der Waals surface area contributed by atoms with E-state index < -0.39 is 5.97 Å². The summed E-state index contributed by atoms with van der Waals surface area (Å²) in [4.78, 5) is 27.1. The molecule has 0 spiro atoms. The van der Waals surface area contributed by atoms with Crippen LogP contribution in [-0.4, -0.2) is 45.7 Å². The molecule has 0 bridgehead atoms. The molecule has 0 radical (unpaired) electrons. The second-order valence-electron chi connectivity index (χ2n) is 5.58. The van der Waals surface area contributed by atoms with Crippen molar-refractivity contribution >= 4 is 22.8 Å². The molecule has 1 N–H and O–H groups in total. The SMILES string of the molecule is CCOC(=O)c1cnc2nc(C)nc(N3CCCCC3)c2c1O. The molecule has 3 rings (SSSR count). The molecule has 0 atom stereocenters. The molecule has 122 valence electrons. The number of carbonyl (C=O) groups is 1. The predicted molar refractivity (Wildman–Crippen MR) is 85.8 cm³/mol. The van der Waals surface area contributed by atoms with Gasteiger partial charge < -0.3 is 14.7 Å². The molecule has 1 saturated heterocycles. The van der Waals surface area contributed by atoms with Gasteiger partial charge in [0.25, 0.3) is 0 Å². The topological polar surface area (TPSA) is 88.4 Å². The summed E-state index contributed by atoms with van der Waals surface area (Å²) in [5.74, 6) is 0.482. The third-order valence-corrected chi connectivity index (χ3v) is 3.94. The molecule has 1 fully saturated rings. The lowest BCUT2D eigenvalue weighted by molar-refractivity contribution is 0.0523. The van der Waals surface area contributed by atoms with Crippen LogP contribution in [0.25, 0.3) is 11.0 Å². The molecule has 3 heterocycles. The van der Waals surface area contributed by atoms with Crippen LogP contribution < -0.4 is 4.90 Å². The first-order valence-electron chi connectivity index (χ1n) is 7.90. The number of ether oxygens (including phenoxy) is 1. The van der Waals surface area contributed by atoms with Crippen molar-refractivity contribution in [1.29, 1.82) is 0 Å². The Morgan fingerprint density at radius 3 is 2.74 bits per heavy atom. The van der Waals surface area contributed by atoms with Gasteiger partial charge in [0.15, 0.2) is 5.65 Å². The fraction of sp³-hybridized carbons (Fsp3) is 0.500. The first-order valence-corrected chi connectivity index (χ1v) is 7.90. The van der Waals surface area contributed by atoms with Crippen LogP contribution in [-0.2, 0) is 4.74 Å². The van der Waals surface area contributed by atoms with Gasteiger partial charge in [-0.05, 0) is 33.1 Å². The molecule has 0 saturated carbocycles. The van der Waals surface area contributed by atoms with Crippen LogP contribution >= 0.6 is 0 Å². The molecule has 23 heavy (non-hydrogen) atoms. The van der Waals surface area contributed by atoms with Crippen molar-refractivity contribution < 1.29 is 14.6 Å². The summed E-state index contributed by atoms with van der Waals surface area (Å²) in [7, 11) is 0. The molecule has 2 aromatic heterocycles. The zero-order chi connectivity index (χ0) is 16.4. The number of aromatic hydroxyl groups is 1. The second-order valence-corrected chi connectivity index (χ2v) is 5.58. The summed E-state index contributed by atoms with van der Waals surface area (Å²) in [6.45, 7) is 5.49. The Morgan fingerprint density at radius 2 is 2.04 bits per heavy atom. The standard InChI is InChI=1S/C16H20N4O3/c1-3-23-16(22)11-9-17-14-12(13(11)21)15(19-10(2)18-14)20-7-5-4-6-8-20/h9H,3-8H2,1-2H3,(H,17,18,19,21). The third kappa shape index (κ3) is 2.91. The average molecular weight is 316 g/mol. The van der Waals surface area contributed by atoms with Crippen LogP contribution in [0.4, 0.5) is 5.82 Å². The van der Waals surface area contributed by atoms with Crippen molar-refractivity contribution in [1.82, 2.24) is 15.0 Å². The highest BCUT2D eigenvalue weighted by Gasteiger charge is 2.23. The maximum absolute atomic E-state index is 12.0. The molecule has 1 aliphatic heterocycles.